The van der Waals surface area contributed by atoms with Crippen LogP contribution in [0.5, 0.6) is 0 Å². The van der Waals surface area contributed by atoms with E-state index in [2.05, 4.69) is 4.90 Å². The molecule has 5 heterocycles. The minimum Gasteiger partial charge on any atom is -0.481 e. The first-order valence-corrected chi connectivity index (χ1v) is 20.0. The SMILES string of the molecule is Cn1c(C(=O)Cc2cccc(-c3cccc(-c4nc5c(o4)CN(C(=O)CN4CC[C@@H](O)C4)C5)c3Cl)c2Cl)nc2c1CCN(CCC1CCC(C(=O)O)CC1)C2. The highest BCUT2D eigenvalue weighted by molar-refractivity contribution is 6.38. The van der Waals surface area contributed by atoms with E-state index in [4.69, 9.17) is 37.6 Å². The molecule has 4 aliphatic rings. The second-order valence-electron chi connectivity index (χ2n) is 15.6. The molecule has 12 nitrogen and oxygen atoms in total. The first-order valence-electron chi connectivity index (χ1n) is 19.3. The first kappa shape index (κ1) is 37.8. The number of ketones is 1. The van der Waals surface area contributed by atoms with E-state index >= 15 is 0 Å². The number of benzene rings is 2. The van der Waals surface area contributed by atoms with Crippen molar-refractivity contribution < 1.29 is 29.0 Å². The van der Waals surface area contributed by atoms with Crippen LogP contribution in [0.3, 0.4) is 0 Å². The van der Waals surface area contributed by atoms with Crippen molar-refractivity contribution in [3.8, 4) is 22.6 Å². The number of β-amino-alcohol motifs (C(OH)–C–C–N with tert-alkyl or cyclic N) is 1. The van der Waals surface area contributed by atoms with Crippen LogP contribution >= 0.6 is 23.2 Å². The van der Waals surface area contributed by atoms with E-state index in [0.29, 0.717) is 101 Å². The quantitative estimate of drug-likeness (QED) is 0.173. The third-order valence-electron chi connectivity index (χ3n) is 12.0. The Hall–Kier alpha value is -4.07. The topological polar surface area (TPSA) is 145 Å². The average molecular weight is 790 g/mol. The molecule has 55 heavy (non-hydrogen) atoms. The molecule has 290 valence electrons. The van der Waals surface area contributed by atoms with Gasteiger partial charge in [-0.1, -0.05) is 53.5 Å². The monoisotopic (exact) mass is 788 g/mol. The lowest BCUT2D eigenvalue weighted by Gasteiger charge is -2.30. The molecule has 4 aromatic rings. The van der Waals surface area contributed by atoms with E-state index in [1.54, 1.807) is 4.90 Å². The highest BCUT2D eigenvalue weighted by Gasteiger charge is 2.33. The number of oxazole rings is 1. The summed E-state index contributed by atoms with van der Waals surface area (Å²) in [7, 11) is 1.91. The van der Waals surface area contributed by atoms with Crippen LogP contribution in [0.4, 0.5) is 0 Å². The van der Waals surface area contributed by atoms with Crippen LogP contribution in [-0.2, 0) is 49.1 Å². The summed E-state index contributed by atoms with van der Waals surface area (Å²) >= 11 is 14.1. The maximum absolute atomic E-state index is 13.8. The van der Waals surface area contributed by atoms with Gasteiger partial charge in [-0.15, -0.1) is 0 Å². The molecule has 1 saturated heterocycles. The lowest BCUT2D eigenvalue weighted by atomic mass is 9.80. The van der Waals surface area contributed by atoms with E-state index in [9.17, 15) is 24.6 Å². The highest BCUT2D eigenvalue weighted by atomic mass is 35.5. The maximum atomic E-state index is 13.8. The Balaban J connectivity index is 0.917. The molecule has 0 unspecified atom stereocenters. The molecule has 0 radical (unpaired) electrons. The molecular weight excluding hydrogens is 743 g/mol. The summed E-state index contributed by atoms with van der Waals surface area (Å²) in [6.45, 7) is 4.69. The number of hydrogen-bond acceptors (Lipinski definition) is 9. The Morgan fingerprint density at radius 2 is 1.62 bits per heavy atom. The fraction of sp³-hybridized carbons (Fsp3) is 0.488. The van der Waals surface area contributed by atoms with Gasteiger partial charge in [-0.2, -0.15) is 0 Å². The average Bonchev–Trinajstić information content (AvgIpc) is 3.95. The summed E-state index contributed by atoms with van der Waals surface area (Å²) in [5.41, 5.74) is 5.38. The normalized spacial score (nSPS) is 21.5. The number of fused-ring (bicyclic) bond motifs is 2. The number of carboxylic acids is 1. The molecule has 0 spiro atoms. The van der Waals surface area contributed by atoms with Crippen molar-refractivity contribution >= 4 is 40.9 Å². The third-order valence-corrected chi connectivity index (χ3v) is 12.8. The molecule has 1 atom stereocenters. The number of hydrogen-bond donors (Lipinski definition) is 2. The molecule has 1 amide bonds. The number of likely N-dealkylation sites (tertiary alicyclic amines) is 1. The lowest BCUT2D eigenvalue weighted by Crippen LogP contribution is -2.37. The van der Waals surface area contributed by atoms with Gasteiger partial charge in [0.05, 0.1) is 53.0 Å². The van der Waals surface area contributed by atoms with Gasteiger partial charge in [-0.25, -0.2) is 9.97 Å². The van der Waals surface area contributed by atoms with Crippen molar-refractivity contribution in [1.82, 2.24) is 29.2 Å². The summed E-state index contributed by atoms with van der Waals surface area (Å²) in [6, 6.07) is 11.2. The largest absolute Gasteiger partial charge is 0.481 e. The lowest BCUT2D eigenvalue weighted by molar-refractivity contribution is -0.143. The standard InChI is InChI=1S/C41H46Cl2N6O6/c1-46-33-14-17-47(15-12-24-8-10-25(11-9-24)41(53)54)20-31(33)44-39(46)34(51)18-26-4-2-5-28(37(26)42)29-6-3-7-30(38(29)43)40-45-32-21-49(22-35(32)55-40)36(52)23-48-16-13-27(50)19-48/h2-7,24-25,27,50H,8-23H2,1H3,(H,53,54)/t24?,25?,27-/m1/s1. The van der Waals surface area contributed by atoms with Gasteiger partial charge in [0.2, 0.25) is 17.6 Å². The van der Waals surface area contributed by atoms with E-state index in [-0.39, 0.29) is 36.7 Å². The van der Waals surface area contributed by atoms with Crippen molar-refractivity contribution in [2.24, 2.45) is 18.9 Å². The van der Waals surface area contributed by atoms with Crippen LogP contribution in [0.15, 0.2) is 40.8 Å². The predicted octanol–water partition coefficient (Wildman–Crippen LogP) is 6.02. The molecular formula is C41H46Cl2N6O6. The molecule has 1 saturated carbocycles. The van der Waals surface area contributed by atoms with Gasteiger partial charge in [0.15, 0.2) is 5.82 Å². The van der Waals surface area contributed by atoms with E-state index in [1.807, 2.05) is 52.9 Å². The van der Waals surface area contributed by atoms with Crippen LogP contribution in [0.25, 0.3) is 22.6 Å². The second kappa shape index (κ2) is 15.8. The van der Waals surface area contributed by atoms with Crippen LogP contribution in [0.1, 0.15) is 77.5 Å². The van der Waals surface area contributed by atoms with Gasteiger partial charge in [0.1, 0.15) is 11.5 Å². The summed E-state index contributed by atoms with van der Waals surface area (Å²) in [4.78, 5) is 53.7. The number of carbonyl (C=O) groups excluding carboxylic acids is 2. The number of rotatable bonds is 11. The number of aliphatic hydroxyl groups is 1. The zero-order chi connectivity index (χ0) is 38.4. The minimum absolute atomic E-state index is 0.0212. The molecule has 1 aliphatic carbocycles. The number of aromatic nitrogens is 3. The molecule has 0 bridgehead atoms. The smallest absolute Gasteiger partial charge is 0.306 e. The number of carbonyl (C=O) groups is 3. The third kappa shape index (κ3) is 7.84. The minimum atomic E-state index is -0.667. The second-order valence-corrected chi connectivity index (χ2v) is 16.4. The van der Waals surface area contributed by atoms with E-state index < -0.39 is 5.97 Å². The van der Waals surface area contributed by atoms with E-state index in [0.717, 1.165) is 63.0 Å². The van der Waals surface area contributed by atoms with Gasteiger partial charge < -0.3 is 24.1 Å². The number of halogens is 2. The Morgan fingerprint density at radius 1 is 0.873 bits per heavy atom. The summed E-state index contributed by atoms with van der Waals surface area (Å²) in [6.07, 6.45) is 5.73. The predicted molar refractivity (Wildman–Crippen MR) is 207 cm³/mol. The number of Topliss-reactive ketones (excluding diaryl/α,β-unsaturated/α-hetero) is 1. The summed E-state index contributed by atoms with van der Waals surface area (Å²) in [5, 5.41) is 20.0. The van der Waals surface area contributed by atoms with Gasteiger partial charge in [0, 0.05) is 62.9 Å². The molecule has 8 rings (SSSR count). The van der Waals surface area contributed by atoms with Crippen LogP contribution in [-0.4, -0.2) is 95.9 Å². The van der Waals surface area contributed by atoms with E-state index in [1.165, 1.54) is 0 Å². The van der Waals surface area contributed by atoms with Crippen LogP contribution in [0, 0.1) is 11.8 Å². The fourth-order valence-electron chi connectivity index (χ4n) is 8.75. The zero-order valence-electron chi connectivity index (χ0n) is 31.0. The molecule has 2 aromatic carbocycles. The van der Waals surface area contributed by atoms with Crippen LogP contribution in [0.2, 0.25) is 10.0 Å². The van der Waals surface area contributed by atoms with Crippen molar-refractivity contribution in [1.29, 1.82) is 0 Å². The Bertz CT molecular complexity index is 2100. The summed E-state index contributed by atoms with van der Waals surface area (Å²) in [5.74, 6) is 0.989. The van der Waals surface area contributed by atoms with Gasteiger partial charge >= 0.3 is 5.97 Å². The van der Waals surface area contributed by atoms with Gasteiger partial charge in [0.25, 0.3) is 0 Å². The number of aliphatic hydroxyl groups excluding tert-OH is 1. The number of carboxylic acid groups (broad SMARTS) is 1. The van der Waals surface area contributed by atoms with Gasteiger partial charge in [-0.3, -0.25) is 24.2 Å². The van der Waals surface area contributed by atoms with Gasteiger partial charge in [-0.05, 0) is 62.6 Å². The van der Waals surface area contributed by atoms with Crippen LogP contribution < -0.4 is 0 Å². The number of imidazole rings is 1. The number of aliphatic carboxylic acids is 1. The van der Waals surface area contributed by atoms with Crippen molar-refractivity contribution in [3.63, 3.8) is 0 Å². The maximum Gasteiger partial charge on any atom is 0.306 e. The first-order chi connectivity index (χ1) is 26.5. The summed E-state index contributed by atoms with van der Waals surface area (Å²) < 4.78 is 8.09. The zero-order valence-corrected chi connectivity index (χ0v) is 32.5. The highest BCUT2D eigenvalue weighted by Crippen LogP contribution is 2.41. The molecule has 2 aromatic heterocycles. The molecule has 14 heteroatoms. The number of nitrogens with zero attached hydrogens (tertiary/aromatic N) is 6. The fourth-order valence-corrected chi connectivity index (χ4v) is 9.35. The van der Waals surface area contributed by atoms with Crippen molar-refractivity contribution in [3.05, 3.63) is 80.7 Å². The molecule has 3 aliphatic heterocycles. The Kier molecular flexibility index (Phi) is 10.9. The van der Waals surface area contributed by atoms with Crippen molar-refractivity contribution in [2.45, 2.75) is 77.1 Å². The van der Waals surface area contributed by atoms with Crippen molar-refractivity contribution in [2.75, 3.05) is 32.7 Å². The Morgan fingerprint density at radius 3 is 2.35 bits per heavy atom. The number of amides is 1. The molecule has 2 N–H and O–H groups in total. The molecule has 2 fully saturated rings. The Labute approximate surface area is 330 Å².